The quantitative estimate of drug-likeness (QED) is 0.472. The van der Waals surface area contributed by atoms with Gasteiger partial charge >= 0.3 is 0 Å². The Balaban J connectivity index is 2.43. The molecule has 0 aromatic heterocycles. The van der Waals surface area contributed by atoms with E-state index in [4.69, 9.17) is 0 Å². The van der Waals surface area contributed by atoms with Crippen molar-refractivity contribution >= 4 is 11.6 Å². The highest BCUT2D eigenvalue weighted by Gasteiger charge is 2.35. The lowest BCUT2D eigenvalue weighted by Gasteiger charge is -2.21. The molecule has 2 aromatic carbocycles. The summed E-state index contributed by atoms with van der Waals surface area (Å²) in [4.78, 5) is 11.2. The molecule has 0 saturated carbocycles. The summed E-state index contributed by atoms with van der Waals surface area (Å²) in [6.07, 6.45) is 0. The Hall–Kier alpha value is -2.78. The maximum atomic E-state index is 14.5. The standard InChI is InChI=1S/C15H6F7NO2/c1-3-7(16)5(9(18)12(21)8(3)17)6-10(19)13(22)15-14(11(6)20)23-4(24)2-25-15/h2H2,1H3,(H,23,24). The molecule has 132 valence electrons. The molecule has 0 atom stereocenters. The molecule has 0 fully saturated rings. The summed E-state index contributed by atoms with van der Waals surface area (Å²) in [5.74, 6) is -15.9. The molecule has 3 rings (SSSR count). The molecule has 25 heavy (non-hydrogen) atoms. The van der Waals surface area contributed by atoms with Gasteiger partial charge in [-0.15, -0.1) is 0 Å². The first-order valence-corrected chi connectivity index (χ1v) is 6.62. The lowest BCUT2D eigenvalue weighted by Crippen LogP contribution is -2.27. The number of fused-ring (bicyclic) bond motifs is 1. The van der Waals surface area contributed by atoms with Crippen LogP contribution in [0.15, 0.2) is 0 Å². The second-order valence-corrected chi connectivity index (χ2v) is 5.11. The molecule has 1 aliphatic rings. The number of hydrogen-bond donors (Lipinski definition) is 1. The third-order valence-electron chi connectivity index (χ3n) is 3.62. The number of nitrogens with one attached hydrogen (secondary N) is 1. The zero-order chi connectivity index (χ0) is 18.6. The average Bonchev–Trinajstić information content (AvgIpc) is 2.59. The molecule has 1 N–H and O–H groups in total. The number of rotatable bonds is 1. The molecule has 1 heterocycles. The minimum absolute atomic E-state index is 0.701. The van der Waals surface area contributed by atoms with Gasteiger partial charge < -0.3 is 10.1 Å². The van der Waals surface area contributed by atoms with E-state index in [1.165, 1.54) is 0 Å². The number of carbonyl (C=O) groups excluding carboxylic acids is 1. The highest BCUT2D eigenvalue weighted by Crippen LogP contribution is 2.43. The third kappa shape index (κ3) is 2.31. The van der Waals surface area contributed by atoms with Crippen molar-refractivity contribution < 1.29 is 40.3 Å². The summed E-state index contributed by atoms with van der Waals surface area (Å²) in [6, 6.07) is 0. The first-order valence-electron chi connectivity index (χ1n) is 6.62. The average molecular weight is 365 g/mol. The van der Waals surface area contributed by atoms with Gasteiger partial charge in [-0.1, -0.05) is 0 Å². The summed E-state index contributed by atoms with van der Waals surface area (Å²) >= 11 is 0. The van der Waals surface area contributed by atoms with Gasteiger partial charge in [0.1, 0.15) is 11.5 Å². The molecular formula is C15H6F7NO2. The van der Waals surface area contributed by atoms with E-state index in [2.05, 4.69) is 4.74 Å². The van der Waals surface area contributed by atoms with Crippen molar-refractivity contribution in [3.05, 3.63) is 46.3 Å². The van der Waals surface area contributed by atoms with Gasteiger partial charge in [0.15, 0.2) is 41.4 Å². The van der Waals surface area contributed by atoms with E-state index in [1.807, 2.05) is 5.32 Å². The fourth-order valence-corrected chi connectivity index (χ4v) is 2.39. The number of halogens is 7. The van der Waals surface area contributed by atoms with Crippen molar-refractivity contribution in [3.63, 3.8) is 0 Å². The van der Waals surface area contributed by atoms with Gasteiger partial charge in [0.05, 0.1) is 11.1 Å². The third-order valence-corrected chi connectivity index (χ3v) is 3.62. The molecule has 1 aliphatic heterocycles. The van der Waals surface area contributed by atoms with Crippen LogP contribution in [0, 0.1) is 47.6 Å². The Labute approximate surface area is 135 Å². The fraction of sp³-hybridized carbons (Fsp3) is 0.133. The molecule has 0 radical (unpaired) electrons. The summed E-state index contributed by atoms with van der Waals surface area (Å²) in [5.41, 5.74) is -5.36. The maximum absolute atomic E-state index is 14.5. The predicted octanol–water partition coefficient (Wildman–Crippen LogP) is 3.97. The Morgan fingerprint density at radius 2 is 1.32 bits per heavy atom. The molecule has 0 spiro atoms. The number of hydrogen-bond acceptors (Lipinski definition) is 2. The lowest BCUT2D eigenvalue weighted by molar-refractivity contribution is -0.118. The van der Waals surface area contributed by atoms with Gasteiger partial charge in [0, 0.05) is 5.56 Å². The van der Waals surface area contributed by atoms with Crippen LogP contribution in [0.3, 0.4) is 0 Å². The van der Waals surface area contributed by atoms with Gasteiger partial charge in [-0.05, 0) is 6.92 Å². The Morgan fingerprint density at radius 1 is 0.760 bits per heavy atom. The minimum atomic E-state index is -2.25. The van der Waals surface area contributed by atoms with Gasteiger partial charge in [-0.25, -0.2) is 26.3 Å². The number of anilines is 1. The second kappa shape index (κ2) is 5.64. The van der Waals surface area contributed by atoms with Crippen LogP contribution in [0.4, 0.5) is 36.4 Å². The van der Waals surface area contributed by atoms with E-state index in [0.717, 1.165) is 0 Å². The lowest BCUT2D eigenvalue weighted by atomic mass is 9.98. The van der Waals surface area contributed by atoms with Gasteiger partial charge in [0.25, 0.3) is 5.91 Å². The van der Waals surface area contributed by atoms with Crippen molar-refractivity contribution in [2.45, 2.75) is 6.92 Å². The molecule has 3 nitrogen and oxygen atoms in total. The zero-order valence-corrected chi connectivity index (χ0v) is 12.2. The van der Waals surface area contributed by atoms with Gasteiger partial charge in [0.2, 0.25) is 5.82 Å². The molecule has 0 unspecified atom stereocenters. The van der Waals surface area contributed by atoms with Gasteiger partial charge in [-0.2, -0.15) is 4.39 Å². The van der Waals surface area contributed by atoms with E-state index in [0.29, 0.717) is 6.92 Å². The van der Waals surface area contributed by atoms with Crippen LogP contribution in [-0.2, 0) is 4.79 Å². The van der Waals surface area contributed by atoms with Crippen LogP contribution in [0.25, 0.3) is 11.1 Å². The van der Waals surface area contributed by atoms with Crippen molar-refractivity contribution in [2.75, 3.05) is 11.9 Å². The Kier molecular flexibility index (Phi) is 3.85. The smallest absolute Gasteiger partial charge is 0.262 e. The molecular weight excluding hydrogens is 359 g/mol. The first-order chi connectivity index (χ1) is 11.7. The number of carbonyl (C=O) groups is 1. The Morgan fingerprint density at radius 3 is 1.96 bits per heavy atom. The van der Waals surface area contributed by atoms with Gasteiger partial charge in [-0.3, -0.25) is 4.79 Å². The van der Waals surface area contributed by atoms with Crippen molar-refractivity contribution in [1.82, 2.24) is 0 Å². The van der Waals surface area contributed by atoms with Crippen LogP contribution in [0.2, 0.25) is 0 Å². The first kappa shape index (κ1) is 17.1. The van der Waals surface area contributed by atoms with E-state index in [1.54, 1.807) is 0 Å². The van der Waals surface area contributed by atoms with E-state index >= 15 is 0 Å². The molecule has 10 heteroatoms. The number of amides is 1. The molecule has 2 aromatic rings. The minimum Gasteiger partial charge on any atom is -0.478 e. The molecule has 1 amide bonds. The van der Waals surface area contributed by atoms with Crippen molar-refractivity contribution in [2.24, 2.45) is 0 Å². The SMILES string of the molecule is Cc1c(F)c(F)c(F)c(-c2c(F)c(F)c3c(c2F)NC(=O)CO3)c1F. The summed E-state index contributed by atoms with van der Waals surface area (Å²) < 4.78 is 102. The van der Waals surface area contributed by atoms with Crippen LogP contribution in [-0.4, -0.2) is 12.5 Å². The summed E-state index contributed by atoms with van der Waals surface area (Å²) in [6.45, 7) is -0.0404. The van der Waals surface area contributed by atoms with Crippen molar-refractivity contribution in [3.8, 4) is 16.9 Å². The maximum Gasteiger partial charge on any atom is 0.262 e. The topological polar surface area (TPSA) is 38.3 Å². The molecule has 0 saturated heterocycles. The predicted molar refractivity (Wildman–Crippen MR) is 70.4 cm³/mol. The number of benzene rings is 2. The van der Waals surface area contributed by atoms with E-state index < -0.39 is 81.4 Å². The van der Waals surface area contributed by atoms with Crippen molar-refractivity contribution in [1.29, 1.82) is 0 Å². The second-order valence-electron chi connectivity index (χ2n) is 5.11. The normalized spacial score (nSPS) is 13.4. The zero-order valence-electron chi connectivity index (χ0n) is 12.2. The highest BCUT2D eigenvalue weighted by molar-refractivity contribution is 5.96. The Bertz CT molecular complexity index is 914. The molecule has 0 aliphatic carbocycles. The summed E-state index contributed by atoms with van der Waals surface area (Å²) in [7, 11) is 0. The summed E-state index contributed by atoms with van der Waals surface area (Å²) in [5, 5.41) is 1.83. The monoisotopic (exact) mass is 365 g/mol. The highest BCUT2D eigenvalue weighted by atomic mass is 19.2. The van der Waals surface area contributed by atoms with Crippen LogP contribution in [0.1, 0.15) is 5.56 Å². The van der Waals surface area contributed by atoms with E-state index in [9.17, 15) is 35.5 Å². The van der Waals surface area contributed by atoms with Crippen LogP contribution >= 0.6 is 0 Å². The fourth-order valence-electron chi connectivity index (χ4n) is 2.39. The van der Waals surface area contributed by atoms with Crippen LogP contribution in [0.5, 0.6) is 5.75 Å². The van der Waals surface area contributed by atoms with E-state index in [-0.39, 0.29) is 0 Å². The number of ether oxygens (including phenoxy) is 1. The van der Waals surface area contributed by atoms with Crippen LogP contribution < -0.4 is 10.1 Å². The molecule has 0 bridgehead atoms. The largest absolute Gasteiger partial charge is 0.478 e.